The highest BCUT2D eigenvalue weighted by molar-refractivity contribution is 14.0. The van der Waals surface area contributed by atoms with E-state index in [2.05, 4.69) is 20.1 Å². The van der Waals surface area contributed by atoms with Gasteiger partial charge in [-0.15, -0.1) is 24.0 Å². The summed E-state index contributed by atoms with van der Waals surface area (Å²) in [5.41, 5.74) is 1.02. The second kappa shape index (κ2) is 10.2. The molecule has 3 rings (SSSR count). The van der Waals surface area contributed by atoms with E-state index in [0.29, 0.717) is 22.6 Å². The van der Waals surface area contributed by atoms with Crippen molar-refractivity contribution in [3.05, 3.63) is 33.8 Å². The fourth-order valence-corrected chi connectivity index (χ4v) is 3.82. The largest absolute Gasteiger partial charge is 0.379 e. The van der Waals surface area contributed by atoms with Crippen LogP contribution in [0.2, 0.25) is 10.0 Å². The smallest absolute Gasteiger partial charge is 0.193 e. The van der Waals surface area contributed by atoms with Gasteiger partial charge in [-0.2, -0.15) is 0 Å². The van der Waals surface area contributed by atoms with Crippen LogP contribution in [0.3, 0.4) is 0 Å². The molecule has 2 fully saturated rings. The molecule has 0 spiro atoms. The van der Waals surface area contributed by atoms with E-state index in [9.17, 15) is 0 Å². The maximum Gasteiger partial charge on any atom is 0.193 e. The standard InChI is InChI=1S/C17H24Cl2N4O.HI/c1-20-17(21-11-13-2-3-14(18)10-16(13)19)23-5-4-15(12-23)22-6-8-24-9-7-22;/h2-3,10,15H,4-9,11-12H2,1H3,(H,20,21);1H. The predicted octanol–water partition coefficient (Wildman–Crippen LogP) is 3.09. The molecule has 2 aliphatic heterocycles. The van der Waals surface area contributed by atoms with Gasteiger partial charge in [-0.3, -0.25) is 9.89 Å². The molecule has 5 nitrogen and oxygen atoms in total. The van der Waals surface area contributed by atoms with Crippen molar-refractivity contribution in [1.29, 1.82) is 0 Å². The highest BCUT2D eigenvalue weighted by Gasteiger charge is 2.30. The number of nitrogens with one attached hydrogen (secondary N) is 1. The van der Waals surface area contributed by atoms with Crippen LogP contribution >= 0.6 is 47.2 Å². The van der Waals surface area contributed by atoms with Crippen molar-refractivity contribution in [3.8, 4) is 0 Å². The minimum atomic E-state index is 0. The Hall–Kier alpha value is -0.280. The maximum atomic E-state index is 6.24. The van der Waals surface area contributed by atoms with Gasteiger partial charge in [0.15, 0.2) is 5.96 Å². The summed E-state index contributed by atoms with van der Waals surface area (Å²) in [6.07, 6.45) is 1.17. The molecule has 0 saturated carbocycles. The molecule has 1 aromatic carbocycles. The number of ether oxygens (including phenoxy) is 1. The number of hydrogen-bond acceptors (Lipinski definition) is 3. The third-order valence-electron chi connectivity index (χ3n) is 4.69. The lowest BCUT2D eigenvalue weighted by Crippen LogP contribution is -2.46. The first-order valence-electron chi connectivity index (χ1n) is 8.38. The Morgan fingerprint density at radius 2 is 2.04 bits per heavy atom. The molecule has 140 valence electrons. The first-order chi connectivity index (χ1) is 11.7. The van der Waals surface area contributed by atoms with Crippen LogP contribution in [0.15, 0.2) is 23.2 Å². The number of halogens is 3. The molecule has 0 amide bonds. The van der Waals surface area contributed by atoms with Crippen molar-refractivity contribution in [2.45, 2.75) is 19.0 Å². The Bertz CT molecular complexity index is 596. The Morgan fingerprint density at radius 3 is 2.72 bits per heavy atom. The average Bonchev–Trinajstić information content (AvgIpc) is 3.08. The first kappa shape index (κ1) is 21.0. The summed E-state index contributed by atoms with van der Waals surface area (Å²) in [6, 6.07) is 6.17. The van der Waals surface area contributed by atoms with Crippen LogP contribution in [0.5, 0.6) is 0 Å². The molecule has 1 aromatic rings. The zero-order valence-electron chi connectivity index (χ0n) is 14.4. The zero-order valence-corrected chi connectivity index (χ0v) is 18.2. The van der Waals surface area contributed by atoms with E-state index in [-0.39, 0.29) is 24.0 Å². The zero-order chi connectivity index (χ0) is 16.9. The molecule has 0 bridgehead atoms. The topological polar surface area (TPSA) is 40.1 Å². The molecular weight excluding hydrogens is 474 g/mol. The summed E-state index contributed by atoms with van der Waals surface area (Å²) in [7, 11) is 1.83. The van der Waals surface area contributed by atoms with Crippen molar-refractivity contribution in [3.63, 3.8) is 0 Å². The Balaban J connectivity index is 0.00000225. The highest BCUT2D eigenvalue weighted by Crippen LogP contribution is 2.21. The highest BCUT2D eigenvalue weighted by atomic mass is 127. The molecule has 1 atom stereocenters. The van der Waals surface area contributed by atoms with Crippen LogP contribution in [0.25, 0.3) is 0 Å². The molecule has 2 aliphatic rings. The number of aliphatic imine (C=N–C) groups is 1. The van der Waals surface area contributed by atoms with Gasteiger partial charge in [-0.25, -0.2) is 0 Å². The van der Waals surface area contributed by atoms with Gasteiger partial charge in [0.1, 0.15) is 0 Å². The monoisotopic (exact) mass is 498 g/mol. The number of nitrogens with zero attached hydrogens (tertiary/aromatic N) is 3. The van der Waals surface area contributed by atoms with E-state index in [1.54, 1.807) is 6.07 Å². The summed E-state index contributed by atoms with van der Waals surface area (Å²) in [4.78, 5) is 9.29. The molecule has 2 saturated heterocycles. The van der Waals surface area contributed by atoms with Crippen molar-refractivity contribution in [1.82, 2.24) is 15.1 Å². The normalized spacial score (nSPS) is 22.0. The van der Waals surface area contributed by atoms with Crippen LogP contribution in [0.4, 0.5) is 0 Å². The molecule has 2 heterocycles. The fourth-order valence-electron chi connectivity index (χ4n) is 3.35. The lowest BCUT2D eigenvalue weighted by Gasteiger charge is -2.32. The molecule has 1 N–H and O–H groups in total. The Morgan fingerprint density at radius 1 is 1.28 bits per heavy atom. The van der Waals surface area contributed by atoms with Gasteiger partial charge >= 0.3 is 0 Å². The molecule has 8 heteroatoms. The molecular formula is C17H25Cl2IN4O. The van der Waals surface area contributed by atoms with Gasteiger partial charge in [-0.05, 0) is 24.1 Å². The maximum absolute atomic E-state index is 6.24. The number of likely N-dealkylation sites (tertiary alicyclic amines) is 1. The van der Waals surface area contributed by atoms with Gasteiger partial charge in [-0.1, -0.05) is 29.3 Å². The number of morpholine rings is 1. The molecule has 0 radical (unpaired) electrons. The van der Waals surface area contributed by atoms with Crippen molar-refractivity contribution in [2.75, 3.05) is 46.4 Å². The van der Waals surface area contributed by atoms with Gasteiger partial charge < -0.3 is 15.0 Å². The van der Waals surface area contributed by atoms with Crippen LogP contribution < -0.4 is 5.32 Å². The number of benzene rings is 1. The summed E-state index contributed by atoms with van der Waals surface area (Å²) < 4.78 is 5.45. The molecule has 1 unspecified atom stereocenters. The van der Waals surface area contributed by atoms with Crippen LogP contribution in [0, 0.1) is 0 Å². The van der Waals surface area contributed by atoms with Crippen molar-refractivity contribution < 1.29 is 4.74 Å². The van der Waals surface area contributed by atoms with E-state index in [4.69, 9.17) is 27.9 Å². The summed E-state index contributed by atoms with van der Waals surface area (Å²) in [6.45, 7) is 6.43. The third-order valence-corrected chi connectivity index (χ3v) is 5.28. The van der Waals surface area contributed by atoms with E-state index < -0.39 is 0 Å². The van der Waals surface area contributed by atoms with E-state index >= 15 is 0 Å². The Kier molecular flexibility index (Phi) is 8.54. The second-order valence-corrected chi connectivity index (χ2v) is 7.02. The second-order valence-electron chi connectivity index (χ2n) is 6.17. The van der Waals surface area contributed by atoms with E-state index in [1.165, 1.54) is 6.42 Å². The van der Waals surface area contributed by atoms with Gasteiger partial charge in [0, 0.05) is 55.9 Å². The van der Waals surface area contributed by atoms with Gasteiger partial charge in [0.25, 0.3) is 0 Å². The quantitative estimate of drug-likeness (QED) is 0.395. The number of rotatable bonds is 3. The summed E-state index contributed by atoms with van der Waals surface area (Å²) in [5.74, 6) is 0.928. The SMILES string of the molecule is CN=C(NCc1ccc(Cl)cc1Cl)N1CCC(N2CCOCC2)C1.I. The lowest BCUT2D eigenvalue weighted by molar-refractivity contribution is 0.0195. The third kappa shape index (κ3) is 5.60. The minimum absolute atomic E-state index is 0. The van der Waals surface area contributed by atoms with Crippen LogP contribution in [-0.4, -0.2) is 68.2 Å². The first-order valence-corrected chi connectivity index (χ1v) is 9.14. The van der Waals surface area contributed by atoms with Gasteiger partial charge in [0.05, 0.1) is 13.2 Å². The number of hydrogen-bond donors (Lipinski definition) is 1. The average molecular weight is 499 g/mol. The van der Waals surface area contributed by atoms with Gasteiger partial charge in [0.2, 0.25) is 0 Å². The minimum Gasteiger partial charge on any atom is -0.379 e. The predicted molar refractivity (Wildman–Crippen MR) is 114 cm³/mol. The molecule has 0 aliphatic carbocycles. The van der Waals surface area contributed by atoms with Crippen molar-refractivity contribution >= 4 is 53.1 Å². The fraction of sp³-hybridized carbons (Fsp3) is 0.588. The molecule has 25 heavy (non-hydrogen) atoms. The Labute approximate surface area is 176 Å². The lowest BCUT2D eigenvalue weighted by atomic mass is 10.2. The van der Waals surface area contributed by atoms with E-state index in [1.807, 2.05) is 19.2 Å². The molecule has 0 aromatic heterocycles. The summed E-state index contributed by atoms with van der Waals surface area (Å²) in [5, 5.41) is 4.75. The number of guanidine groups is 1. The van der Waals surface area contributed by atoms with Crippen molar-refractivity contribution in [2.24, 2.45) is 4.99 Å². The van der Waals surface area contributed by atoms with Crippen LogP contribution in [-0.2, 0) is 11.3 Å². The summed E-state index contributed by atoms with van der Waals surface area (Å²) >= 11 is 12.2. The van der Waals surface area contributed by atoms with E-state index in [0.717, 1.165) is 50.9 Å². The van der Waals surface area contributed by atoms with Crippen LogP contribution in [0.1, 0.15) is 12.0 Å².